The number of amides is 1. The molecule has 1 aliphatic carbocycles. The van der Waals surface area contributed by atoms with Gasteiger partial charge in [0.2, 0.25) is 23.5 Å². The van der Waals surface area contributed by atoms with Crippen molar-refractivity contribution in [2.45, 2.75) is 25.7 Å². The van der Waals surface area contributed by atoms with Crippen LogP contribution in [0, 0.1) is 30.4 Å². The van der Waals surface area contributed by atoms with Gasteiger partial charge >= 0.3 is 0 Å². The summed E-state index contributed by atoms with van der Waals surface area (Å²) in [6.45, 7) is 2.89. The molecule has 0 N–H and O–H groups in total. The molecule has 10 heteroatoms. The lowest BCUT2D eigenvalue weighted by molar-refractivity contribution is -0.139. The molecule has 2 aromatic heterocycles. The zero-order valence-electron chi connectivity index (χ0n) is 15.5. The van der Waals surface area contributed by atoms with E-state index in [9.17, 15) is 13.6 Å². The Labute approximate surface area is 163 Å². The van der Waals surface area contributed by atoms with Crippen molar-refractivity contribution < 1.29 is 22.6 Å². The van der Waals surface area contributed by atoms with Crippen molar-refractivity contribution in [2.24, 2.45) is 11.8 Å². The molecule has 3 fully saturated rings. The van der Waals surface area contributed by atoms with Gasteiger partial charge in [-0.15, -0.1) is 0 Å². The minimum Gasteiger partial charge on any atom is -0.342 e. The van der Waals surface area contributed by atoms with Crippen molar-refractivity contribution in [1.29, 1.82) is 0 Å². The normalized spacial score (nSPS) is 23.1. The summed E-state index contributed by atoms with van der Waals surface area (Å²) >= 11 is 0. The molecule has 2 atom stereocenters. The Morgan fingerprint density at radius 2 is 1.93 bits per heavy atom. The van der Waals surface area contributed by atoms with Crippen LogP contribution in [0.3, 0.4) is 0 Å². The smallest absolute Gasteiger partial charge is 0.236 e. The molecular formula is C19H17F2N5O3. The molecule has 8 nitrogen and oxygen atoms in total. The number of piperidine rings is 2. The number of aryl methyl sites for hydroxylation is 1. The van der Waals surface area contributed by atoms with E-state index in [1.807, 2.05) is 4.90 Å². The van der Waals surface area contributed by atoms with Gasteiger partial charge in [0.05, 0.1) is 0 Å². The molecule has 1 amide bonds. The first-order valence-corrected chi connectivity index (χ1v) is 9.34. The van der Waals surface area contributed by atoms with Crippen LogP contribution in [0.25, 0.3) is 11.4 Å². The zero-order valence-corrected chi connectivity index (χ0v) is 15.5. The molecular weight excluding hydrogens is 384 g/mol. The van der Waals surface area contributed by atoms with Crippen LogP contribution in [0.15, 0.2) is 27.2 Å². The fourth-order valence-corrected chi connectivity index (χ4v) is 4.27. The molecule has 0 radical (unpaired) electrons. The molecule has 2 saturated heterocycles. The third kappa shape index (κ3) is 3.18. The van der Waals surface area contributed by atoms with Gasteiger partial charge in [-0.25, -0.2) is 8.78 Å². The van der Waals surface area contributed by atoms with E-state index >= 15 is 0 Å². The minimum atomic E-state index is -0.958. The molecule has 4 heterocycles. The van der Waals surface area contributed by atoms with Gasteiger partial charge in [-0.05, 0) is 43.4 Å². The van der Waals surface area contributed by atoms with Crippen molar-refractivity contribution in [2.75, 3.05) is 13.1 Å². The summed E-state index contributed by atoms with van der Waals surface area (Å²) in [6, 6.07) is 3.49. The average Bonchev–Trinajstić information content (AvgIpc) is 3.33. The van der Waals surface area contributed by atoms with Crippen molar-refractivity contribution >= 4 is 5.91 Å². The lowest BCUT2D eigenvalue weighted by Crippen LogP contribution is -2.55. The number of carbonyl (C=O) groups is 1. The second-order valence-corrected chi connectivity index (χ2v) is 7.58. The summed E-state index contributed by atoms with van der Waals surface area (Å²) in [5.74, 6) is 0.103. The summed E-state index contributed by atoms with van der Waals surface area (Å²) in [6.07, 6.45) is 1.07. The standard InChI is InChI=1S/C19H17F2N5O3/c1-9-22-15(28-24-9)6-16(27)26-7-11-4-12(8-26)17(11)19-23-18(25-29-19)10-2-3-13(20)14(21)5-10/h2-3,5,11-12,17H,4,6-8H2,1H3. The third-order valence-corrected chi connectivity index (χ3v) is 5.66. The molecule has 2 aliphatic heterocycles. The van der Waals surface area contributed by atoms with E-state index in [0.717, 1.165) is 18.6 Å². The Morgan fingerprint density at radius 1 is 1.14 bits per heavy atom. The highest BCUT2D eigenvalue weighted by Crippen LogP contribution is 2.51. The second kappa shape index (κ2) is 6.71. The first-order valence-electron chi connectivity index (χ1n) is 9.34. The van der Waals surface area contributed by atoms with Crippen LogP contribution >= 0.6 is 0 Å². The Bertz CT molecular complexity index is 1070. The minimum absolute atomic E-state index is 0.0465. The van der Waals surface area contributed by atoms with Gasteiger partial charge in [0.15, 0.2) is 17.5 Å². The summed E-state index contributed by atoms with van der Waals surface area (Å²) in [4.78, 5) is 22.8. The number of benzene rings is 1. The second-order valence-electron chi connectivity index (χ2n) is 7.58. The molecule has 2 bridgehead atoms. The number of nitrogens with zero attached hydrogens (tertiary/aromatic N) is 5. The van der Waals surface area contributed by atoms with Gasteiger partial charge in [-0.3, -0.25) is 4.79 Å². The van der Waals surface area contributed by atoms with E-state index in [2.05, 4.69) is 20.3 Å². The molecule has 3 aromatic rings. The maximum atomic E-state index is 13.5. The van der Waals surface area contributed by atoms with E-state index in [1.54, 1.807) is 6.92 Å². The van der Waals surface area contributed by atoms with Crippen LogP contribution in [0.2, 0.25) is 0 Å². The molecule has 0 spiro atoms. The van der Waals surface area contributed by atoms with Crippen LogP contribution in [-0.2, 0) is 11.2 Å². The highest BCUT2D eigenvalue weighted by atomic mass is 19.2. The highest BCUT2D eigenvalue weighted by Gasteiger charge is 2.51. The predicted octanol–water partition coefficient (Wildman–Crippen LogP) is 2.51. The molecule has 3 aliphatic rings. The fraction of sp³-hybridized carbons (Fsp3) is 0.421. The number of halogens is 2. The fourth-order valence-electron chi connectivity index (χ4n) is 4.27. The Kier molecular flexibility index (Phi) is 4.14. The third-order valence-electron chi connectivity index (χ3n) is 5.66. The van der Waals surface area contributed by atoms with Crippen molar-refractivity contribution in [3.05, 3.63) is 47.4 Å². The van der Waals surface area contributed by atoms with Gasteiger partial charge < -0.3 is 13.9 Å². The quantitative estimate of drug-likeness (QED) is 0.662. The first kappa shape index (κ1) is 17.9. The number of aromatic nitrogens is 4. The zero-order chi connectivity index (χ0) is 20.1. The van der Waals surface area contributed by atoms with E-state index in [-0.39, 0.29) is 35.9 Å². The lowest BCUT2D eigenvalue weighted by Gasteiger charge is -2.51. The van der Waals surface area contributed by atoms with Gasteiger partial charge in [-0.1, -0.05) is 10.3 Å². The van der Waals surface area contributed by atoms with Gasteiger partial charge in [0.25, 0.3) is 0 Å². The summed E-state index contributed by atoms with van der Waals surface area (Å²) in [5.41, 5.74) is 0.357. The van der Waals surface area contributed by atoms with Crippen molar-refractivity contribution in [3.63, 3.8) is 0 Å². The Balaban J connectivity index is 1.26. The maximum absolute atomic E-state index is 13.5. The van der Waals surface area contributed by atoms with Crippen LogP contribution in [-0.4, -0.2) is 44.2 Å². The van der Waals surface area contributed by atoms with Crippen LogP contribution in [0.5, 0.6) is 0 Å². The van der Waals surface area contributed by atoms with E-state index in [0.29, 0.717) is 36.3 Å². The molecule has 6 rings (SSSR count). The van der Waals surface area contributed by atoms with Gasteiger partial charge in [0.1, 0.15) is 6.42 Å². The molecule has 29 heavy (non-hydrogen) atoms. The average molecular weight is 401 g/mol. The number of carbonyl (C=O) groups excluding carboxylic acids is 1. The molecule has 1 aromatic carbocycles. The van der Waals surface area contributed by atoms with Crippen LogP contribution in [0.1, 0.15) is 29.9 Å². The number of fused-ring (bicyclic) bond motifs is 2. The Hall–Kier alpha value is -3.17. The topological polar surface area (TPSA) is 98.2 Å². The van der Waals surface area contributed by atoms with Crippen LogP contribution < -0.4 is 0 Å². The largest absolute Gasteiger partial charge is 0.342 e. The van der Waals surface area contributed by atoms with Crippen molar-refractivity contribution in [3.8, 4) is 11.4 Å². The predicted molar refractivity (Wildman–Crippen MR) is 93.3 cm³/mol. The first-order chi connectivity index (χ1) is 14.0. The molecule has 150 valence electrons. The summed E-state index contributed by atoms with van der Waals surface area (Å²) < 4.78 is 37.0. The molecule has 1 saturated carbocycles. The van der Waals surface area contributed by atoms with Crippen LogP contribution in [0.4, 0.5) is 8.78 Å². The Morgan fingerprint density at radius 3 is 2.62 bits per heavy atom. The lowest BCUT2D eigenvalue weighted by atomic mass is 9.61. The maximum Gasteiger partial charge on any atom is 0.236 e. The SMILES string of the molecule is Cc1noc(CC(=O)N2CC3CC(C2)C3c2nc(-c3ccc(F)c(F)c3)no2)n1. The van der Waals surface area contributed by atoms with E-state index in [1.165, 1.54) is 6.07 Å². The molecule has 2 unspecified atom stereocenters. The van der Waals surface area contributed by atoms with E-state index in [4.69, 9.17) is 9.05 Å². The number of hydrogen-bond acceptors (Lipinski definition) is 7. The monoisotopic (exact) mass is 401 g/mol. The summed E-state index contributed by atoms with van der Waals surface area (Å²) in [7, 11) is 0. The highest BCUT2D eigenvalue weighted by molar-refractivity contribution is 5.78. The number of hydrogen-bond donors (Lipinski definition) is 0. The van der Waals surface area contributed by atoms with E-state index < -0.39 is 11.6 Å². The number of rotatable bonds is 4. The summed E-state index contributed by atoms with van der Waals surface area (Å²) in [5, 5.41) is 7.62. The van der Waals surface area contributed by atoms with Crippen molar-refractivity contribution in [1.82, 2.24) is 25.2 Å². The van der Waals surface area contributed by atoms with Gasteiger partial charge in [-0.2, -0.15) is 9.97 Å². The van der Waals surface area contributed by atoms with Gasteiger partial charge in [0, 0.05) is 24.6 Å².